The summed E-state index contributed by atoms with van der Waals surface area (Å²) in [5.41, 5.74) is 10.5. The van der Waals surface area contributed by atoms with Crippen molar-refractivity contribution in [2.75, 3.05) is 0 Å². The van der Waals surface area contributed by atoms with Gasteiger partial charge < -0.3 is 5.73 Å². The van der Waals surface area contributed by atoms with Gasteiger partial charge >= 0.3 is 0 Å². The summed E-state index contributed by atoms with van der Waals surface area (Å²) >= 11 is 1.33. The standard InChI is InChI=1S/C11H13N3S/c1-7-3-4-9(8(2)5-7)11(12)10-6-15-14-13-10/h3-6,11H,12H2,1-2H3. The number of aromatic nitrogens is 2. The highest BCUT2D eigenvalue weighted by atomic mass is 32.1. The molecule has 3 nitrogen and oxygen atoms in total. The fourth-order valence-corrected chi connectivity index (χ4v) is 2.13. The molecule has 0 spiro atoms. The summed E-state index contributed by atoms with van der Waals surface area (Å²) in [6.07, 6.45) is 0. The Labute approximate surface area is 93.1 Å². The highest BCUT2D eigenvalue weighted by molar-refractivity contribution is 7.03. The van der Waals surface area contributed by atoms with Crippen LogP contribution in [0.5, 0.6) is 0 Å². The Kier molecular flexibility index (Phi) is 2.79. The molecular weight excluding hydrogens is 206 g/mol. The molecule has 4 heteroatoms. The van der Waals surface area contributed by atoms with Crippen molar-refractivity contribution in [1.82, 2.24) is 9.59 Å². The lowest BCUT2D eigenvalue weighted by Crippen LogP contribution is -2.13. The van der Waals surface area contributed by atoms with Gasteiger partial charge in [-0.25, -0.2) is 0 Å². The van der Waals surface area contributed by atoms with E-state index in [1.54, 1.807) is 0 Å². The Hall–Kier alpha value is -1.26. The van der Waals surface area contributed by atoms with Gasteiger partial charge in [0.25, 0.3) is 0 Å². The molecule has 0 saturated carbocycles. The second-order valence-electron chi connectivity index (χ2n) is 3.67. The number of hydrogen-bond donors (Lipinski definition) is 1. The van der Waals surface area contributed by atoms with E-state index in [1.807, 2.05) is 5.38 Å². The Morgan fingerprint density at radius 1 is 1.33 bits per heavy atom. The maximum Gasteiger partial charge on any atom is 0.0968 e. The largest absolute Gasteiger partial charge is 0.319 e. The smallest absolute Gasteiger partial charge is 0.0968 e. The summed E-state index contributed by atoms with van der Waals surface area (Å²) in [4.78, 5) is 0. The molecule has 0 radical (unpaired) electrons. The number of rotatable bonds is 2. The minimum Gasteiger partial charge on any atom is -0.319 e. The third kappa shape index (κ3) is 2.06. The maximum atomic E-state index is 6.12. The molecule has 1 atom stereocenters. The lowest BCUT2D eigenvalue weighted by molar-refractivity contribution is 0.810. The monoisotopic (exact) mass is 219 g/mol. The molecule has 2 N–H and O–H groups in total. The van der Waals surface area contributed by atoms with Crippen molar-refractivity contribution in [3.8, 4) is 0 Å². The lowest BCUT2D eigenvalue weighted by atomic mass is 9.98. The Morgan fingerprint density at radius 3 is 2.73 bits per heavy atom. The summed E-state index contributed by atoms with van der Waals surface area (Å²) in [5.74, 6) is 0. The van der Waals surface area contributed by atoms with Gasteiger partial charge in [0.05, 0.1) is 11.7 Å². The van der Waals surface area contributed by atoms with Crippen molar-refractivity contribution in [3.05, 3.63) is 46.0 Å². The quantitative estimate of drug-likeness (QED) is 0.842. The van der Waals surface area contributed by atoms with E-state index in [-0.39, 0.29) is 6.04 Å². The van der Waals surface area contributed by atoms with E-state index in [4.69, 9.17) is 5.73 Å². The second kappa shape index (κ2) is 4.08. The van der Waals surface area contributed by atoms with E-state index in [9.17, 15) is 0 Å². The van der Waals surface area contributed by atoms with Crippen LogP contribution in [0.3, 0.4) is 0 Å². The fraction of sp³-hybridized carbons (Fsp3) is 0.273. The molecule has 1 heterocycles. The molecule has 2 rings (SSSR count). The molecule has 0 amide bonds. The summed E-state index contributed by atoms with van der Waals surface area (Å²) < 4.78 is 3.83. The van der Waals surface area contributed by atoms with E-state index in [1.165, 1.54) is 22.7 Å². The third-order valence-corrected chi connectivity index (χ3v) is 2.98. The summed E-state index contributed by atoms with van der Waals surface area (Å²) in [6.45, 7) is 4.15. The normalized spacial score (nSPS) is 12.7. The van der Waals surface area contributed by atoms with Crippen LogP contribution in [0, 0.1) is 13.8 Å². The highest BCUT2D eigenvalue weighted by Gasteiger charge is 2.13. The molecule has 1 aromatic heterocycles. The van der Waals surface area contributed by atoms with Crippen LogP contribution in [0.15, 0.2) is 23.6 Å². The van der Waals surface area contributed by atoms with Gasteiger partial charge in [-0.2, -0.15) is 0 Å². The third-order valence-electron chi connectivity index (χ3n) is 2.46. The zero-order valence-corrected chi connectivity index (χ0v) is 9.58. The van der Waals surface area contributed by atoms with Gasteiger partial charge in [0.15, 0.2) is 0 Å². The van der Waals surface area contributed by atoms with Gasteiger partial charge in [-0.15, -0.1) is 5.10 Å². The molecule has 2 aromatic rings. The van der Waals surface area contributed by atoms with Crippen molar-refractivity contribution in [2.24, 2.45) is 5.73 Å². The number of hydrogen-bond acceptors (Lipinski definition) is 4. The molecule has 0 fully saturated rings. The zero-order valence-electron chi connectivity index (χ0n) is 8.77. The first-order valence-electron chi connectivity index (χ1n) is 4.78. The highest BCUT2D eigenvalue weighted by Crippen LogP contribution is 2.22. The zero-order chi connectivity index (χ0) is 10.8. The predicted molar refractivity (Wildman–Crippen MR) is 61.9 cm³/mol. The molecule has 0 bridgehead atoms. The van der Waals surface area contributed by atoms with Crippen molar-refractivity contribution in [3.63, 3.8) is 0 Å². The number of nitrogens with zero attached hydrogens (tertiary/aromatic N) is 2. The van der Waals surface area contributed by atoms with Crippen molar-refractivity contribution >= 4 is 11.5 Å². The van der Waals surface area contributed by atoms with E-state index in [0.29, 0.717) is 0 Å². The van der Waals surface area contributed by atoms with E-state index >= 15 is 0 Å². The second-order valence-corrected chi connectivity index (χ2v) is 4.28. The molecule has 0 aliphatic rings. The number of benzene rings is 1. The Balaban J connectivity index is 2.38. The lowest BCUT2D eigenvalue weighted by Gasteiger charge is -2.12. The van der Waals surface area contributed by atoms with Gasteiger partial charge in [0.1, 0.15) is 0 Å². The van der Waals surface area contributed by atoms with Crippen molar-refractivity contribution in [2.45, 2.75) is 19.9 Å². The average molecular weight is 219 g/mol. The predicted octanol–water partition coefficient (Wildman–Crippen LogP) is 2.20. The van der Waals surface area contributed by atoms with Crippen LogP contribution >= 0.6 is 11.5 Å². The van der Waals surface area contributed by atoms with Crippen molar-refractivity contribution < 1.29 is 0 Å². The fourth-order valence-electron chi connectivity index (χ4n) is 1.64. The molecule has 1 unspecified atom stereocenters. The number of nitrogens with two attached hydrogens (primary N) is 1. The van der Waals surface area contributed by atoms with Gasteiger partial charge in [0.2, 0.25) is 0 Å². The minimum absolute atomic E-state index is 0.163. The summed E-state index contributed by atoms with van der Waals surface area (Å²) in [5, 5.41) is 5.89. The molecular formula is C11H13N3S. The van der Waals surface area contributed by atoms with E-state index in [0.717, 1.165) is 11.3 Å². The molecule has 1 aromatic carbocycles. The van der Waals surface area contributed by atoms with Crippen LogP contribution < -0.4 is 5.73 Å². The van der Waals surface area contributed by atoms with Crippen LogP contribution in [0.1, 0.15) is 28.4 Å². The molecule has 15 heavy (non-hydrogen) atoms. The van der Waals surface area contributed by atoms with Crippen LogP contribution in [0.2, 0.25) is 0 Å². The summed E-state index contributed by atoms with van der Waals surface area (Å²) in [6, 6.07) is 6.11. The van der Waals surface area contributed by atoms with Crippen LogP contribution in [-0.4, -0.2) is 9.59 Å². The molecule has 0 aliphatic carbocycles. The molecule has 0 saturated heterocycles. The van der Waals surface area contributed by atoms with Gasteiger partial charge in [-0.1, -0.05) is 28.3 Å². The van der Waals surface area contributed by atoms with Gasteiger partial charge in [-0.05, 0) is 36.5 Å². The summed E-state index contributed by atoms with van der Waals surface area (Å²) in [7, 11) is 0. The topological polar surface area (TPSA) is 51.8 Å². The Morgan fingerprint density at radius 2 is 2.13 bits per heavy atom. The average Bonchev–Trinajstić information content (AvgIpc) is 2.69. The van der Waals surface area contributed by atoms with E-state index < -0.39 is 0 Å². The SMILES string of the molecule is Cc1ccc(C(N)c2csnn2)c(C)c1. The van der Waals surface area contributed by atoms with Crippen LogP contribution in [0.4, 0.5) is 0 Å². The first kappa shape index (κ1) is 10.3. The van der Waals surface area contributed by atoms with Gasteiger partial charge in [0, 0.05) is 5.38 Å². The molecule has 0 aliphatic heterocycles. The number of aryl methyl sites for hydroxylation is 2. The van der Waals surface area contributed by atoms with E-state index in [2.05, 4.69) is 41.6 Å². The Bertz CT molecular complexity index is 451. The van der Waals surface area contributed by atoms with Gasteiger partial charge in [-0.3, -0.25) is 0 Å². The maximum absolute atomic E-state index is 6.12. The van der Waals surface area contributed by atoms with Crippen LogP contribution in [0.25, 0.3) is 0 Å². The first-order chi connectivity index (χ1) is 7.18. The molecule has 78 valence electrons. The first-order valence-corrected chi connectivity index (χ1v) is 5.62. The minimum atomic E-state index is -0.163. The van der Waals surface area contributed by atoms with Crippen LogP contribution in [-0.2, 0) is 0 Å². The van der Waals surface area contributed by atoms with Crippen molar-refractivity contribution in [1.29, 1.82) is 0 Å².